The zero-order valence-corrected chi connectivity index (χ0v) is 21.5. The predicted octanol–water partition coefficient (Wildman–Crippen LogP) is 5.45. The topological polar surface area (TPSA) is 83.0 Å². The van der Waals surface area contributed by atoms with Crippen LogP contribution in [0.1, 0.15) is 30.0 Å². The molecule has 37 heavy (non-hydrogen) atoms. The molecule has 192 valence electrons. The van der Waals surface area contributed by atoms with E-state index in [0.717, 1.165) is 23.1 Å². The molecule has 0 saturated carbocycles. The molecule has 0 unspecified atom stereocenters. The van der Waals surface area contributed by atoms with Gasteiger partial charge in [-0.25, -0.2) is 4.79 Å². The van der Waals surface area contributed by atoms with Crippen LogP contribution in [0.2, 0.25) is 0 Å². The van der Waals surface area contributed by atoms with Gasteiger partial charge in [0.2, 0.25) is 5.91 Å². The lowest BCUT2D eigenvalue weighted by Gasteiger charge is -2.18. The minimum atomic E-state index is -1.07. The van der Waals surface area contributed by atoms with E-state index < -0.39 is 6.09 Å². The van der Waals surface area contributed by atoms with Gasteiger partial charge in [-0.3, -0.25) is 9.78 Å². The predicted molar refractivity (Wildman–Crippen MR) is 146 cm³/mol. The van der Waals surface area contributed by atoms with Crippen LogP contribution in [0.15, 0.2) is 91.3 Å². The number of pyridine rings is 1. The fourth-order valence-electron chi connectivity index (χ4n) is 3.88. The summed E-state index contributed by atoms with van der Waals surface area (Å²) in [7, 11) is 3.28. The molecule has 7 heteroatoms. The molecule has 0 bridgehead atoms. The summed E-state index contributed by atoms with van der Waals surface area (Å²) < 4.78 is 5.83. The Bertz CT molecular complexity index is 1220. The summed E-state index contributed by atoms with van der Waals surface area (Å²) in [4.78, 5) is 30.0. The van der Waals surface area contributed by atoms with Crippen molar-refractivity contribution in [3.8, 4) is 5.75 Å². The van der Waals surface area contributed by atoms with Crippen LogP contribution >= 0.6 is 0 Å². The lowest BCUT2D eigenvalue weighted by molar-refractivity contribution is -0.123. The van der Waals surface area contributed by atoms with Gasteiger partial charge in [-0.1, -0.05) is 55.5 Å². The zero-order valence-electron chi connectivity index (χ0n) is 21.5. The van der Waals surface area contributed by atoms with Crippen LogP contribution in [0.4, 0.5) is 4.79 Å². The Balaban J connectivity index is 1.74. The van der Waals surface area contributed by atoms with Crippen molar-refractivity contribution in [3.05, 3.63) is 108 Å². The van der Waals surface area contributed by atoms with E-state index in [1.165, 1.54) is 33.1 Å². The van der Waals surface area contributed by atoms with Crippen molar-refractivity contribution in [3.63, 3.8) is 0 Å². The van der Waals surface area contributed by atoms with Crippen LogP contribution < -0.4 is 4.74 Å². The molecule has 1 N–H and O–H groups in total. The van der Waals surface area contributed by atoms with Gasteiger partial charge in [-0.15, -0.1) is 0 Å². The van der Waals surface area contributed by atoms with Crippen LogP contribution in [-0.2, 0) is 4.79 Å². The highest BCUT2D eigenvalue weighted by atomic mass is 16.5. The molecular weight excluding hydrogens is 466 g/mol. The second-order valence-corrected chi connectivity index (χ2v) is 8.55. The van der Waals surface area contributed by atoms with Crippen molar-refractivity contribution < 1.29 is 19.4 Å². The van der Waals surface area contributed by atoms with Crippen LogP contribution in [0.25, 0.3) is 11.1 Å². The smallest absolute Gasteiger partial charge is 0.407 e. The van der Waals surface area contributed by atoms with Gasteiger partial charge in [0.15, 0.2) is 0 Å². The number of carboxylic acid groups (broad SMARTS) is 1. The maximum atomic E-state index is 11.6. The van der Waals surface area contributed by atoms with Crippen molar-refractivity contribution in [2.75, 3.05) is 33.8 Å². The molecule has 0 atom stereocenters. The van der Waals surface area contributed by atoms with Crippen molar-refractivity contribution in [1.29, 1.82) is 0 Å². The molecule has 0 aliphatic rings. The third-order valence-corrected chi connectivity index (χ3v) is 5.82. The molecule has 0 aliphatic carbocycles. The molecule has 0 saturated heterocycles. The molecule has 0 radical (unpaired) electrons. The third kappa shape index (κ3) is 7.80. The zero-order chi connectivity index (χ0) is 26.6. The van der Waals surface area contributed by atoms with Gasteiger partial charge in [0.25, 0.3) is 0 Å². The summed E-state index contributed by atoms with van der Waals surface area (Å²) in [6, 6.07) is 22.2. The minimum absolute atomic E-state index is 0.108. The average Bonchev–Trinajstić information content (AvgIpc) is 2.92. The third-order valence-electron chi connectivity index (χ3n) is 5.82. The van der Waals surface area contributed by atoms with E-state index in [1.807, 2.05) is 54.6 Å². The Hall–Kier alpha value is -4.39. The number of aromatic nitrogens is 1. The van der Waals surface area contributed by atoms with Gasteiger partial charge >= 0.3 is 6.09 Å². The van der Waals surface area contributed by atoms with Crippen molar-refractivity contribution in [2.45, 2.75) is 13.3 Å². The molecule has 1 heterocycles. The van der Waals surface area contributed by atoms with Crippen LogP contribution in [0.5, 0.6) is 5.75 Å². The lowest BCUT2D eigenvalue weighted by atomic mass is 9.88. The minimum Gasteiger partial charge on any atom is -0.492 e. The van der Waals surface area contributed by atoms with E-state index in [9.17, 15) is 14.7 Å². The second kappa shape index (κ2) is 13.6. The number of amides is 2. The SMILES string of the molecule is CC/C(=C(\c1ccncc1)c1ccc(OCCN(C/C=C/C(=O)N(C)C)C(=O)O)cc1)c1ccccc1. The first-order chi connectivity index (χ1) is 17.9. The highest BCUT2D eigenvalue weighted by Crippen LogP contribution is 2.34. The quantitative estimate of drug-likeness (QED) is 0.280. The summed E-state index contributed by atoms with van der Waals surface area (Å²) in [5.74, 6) is 0.458. The number of hydrogen-bond donors (Lipinski definition) is 1. The second-order valence-electron chi connectivity index (χ2n) is 8.55. The van der Waals surface area contributed by atoms with Gasteiger partial charge in [0, 0.05) is 39.1 Å². The van der Waals surface area contributed by atoms with E-state index >= 15 is 0 Å². The first-order valence-electron chi connectivity index (χ1n) is 12.2. The standard InChI is InChI=1S/C30H33N3O4/c1-4-27(23-9-6-5-7-10-23)29(25-16-18-31-19-17-25)24-12-14-26(15-13-24)37-22-21-33(30(35)36)20-8-11-28(34)32(2)3/h5-19H,4,20-22H2,1-3H3,(H,35,36)/b11-8+,29-27+. The number of rotatable bonds is 11. The molecule has 0 spiro atoms. The van der Waals surface area contributed by atoms with Crippen molar-refractivity contribution >= 4 is 23.1 Å². The summed E-state index contributed by atoms with van der Waals surface area (Å²) in [5, 5.41) is 9.45. The normalized spacial score (nSPS) is 11.6. The Morgan fingerprint density at radius 3 is 2.16 bits per heavy atom. The van der Waals surface area contributed by atoms with Crippen LogP contribution in [-0.4, -0.2) is 65.7 Å². The summed E-state index contributed by atoms with van der Waals surface area (Å²) in [5.41, 5.74) is 5.69. The van der Waals surface area contributed by atoms with Gasteiger partial charge in [-0.2, -0.15) is 0 Å². The summed E-state index contributed by atoms with van der Waals surface area (Å²) >= 11 is 0. The fraction of sp³-hybridized carbons (Fsp3) is 0.233. The number of likely N-dealkylation sites (N-methyl/N-ethyl adjacent to an activating group) is 1. The Kier molecular flexibility index (Phi) is 10.0. The molecule has 3 aromatic rings. The van der Waals surface area contributed by atoms with Gasteiger partial charge in [0.05, 0.1) is 6.54 Å². The maximum absolute atomic E-state index is 11.6. The van der Waals surface area contributed by atoms with E-state index in [1.54, 1.807) is 26.5 Å². The molecule has 3 rings (SSSR count). The highest BCUT2D eigenvalue weighted by molar-refractivity contribution is 5.98. The summed E-state index contributed by atoms with van der Waals surface area (Å²) in [6.07, 6.45) is 6.29. The number of hydrogen-bond acceptors (Lipinski definition) is 4. The first kappa shape index (κ1) is 27.2. The Morgan fingerprint density at radius 1 is 0.919 bits per heavy atom. The number of ether oxygens (including phenoxy) is 1. The largest absolute Gasteiger partial charge is 0.492 e. The molecule has 0 fully saturated rings. The molecule has 7 nitrogen and oxygen atoms in total. The Morgan fingerprint density at radius 2 is 1.57 bits per heavy atom. The molecule has 2 aromatic carbocycles. The molecule has 2 amide bonds. The Labute approximate surface area is 218 Å². The van der Waals surface area contributed by atoms with E-state index in [4.69, 9.17) is 4.74 Å². The van der Waals surface area contributed by atoms with Crippen LogP contribution in [0, 0.1) is 0 Å². The van der Waals surface area contributed by atoms with Crippen molar-refractivity contribution in [1.82, 2.24) is 14.8 Å². The fourth-order valence-corrected chi connectivity index (χ4v) is 3.88. The number of carbonyl (C=O) groups is 2. The highest BCUT2D eigenvalue weighted by Gasteiger charge is 2.14. The number of nitrogens with zero attached hydrogens (tertiary/aromatic N) is 3. The lowest BCUT2D eigenvalue weighted by Crippen LogP contribution is -2.33. The van der Waals surface area contributed by atoms with Gasteiger partial charge < -0.3 is 19.6 Å². The summed E-state index contributed by atoms with van der Waals surface area (Å²) in [6.45, 7) is 2.63. The monoisotopic (exact) mass is 499 g/mol. The van der Waals surface area contributed by atoms with Gasteiger partial charge in [0.1, 0.15) is 12.4 Å². The molecule has 1 aromatic heterocycles. The maximum Gasteiger partial charge on any atom is 0.407 e. The van der Waals surface area contributed by atoms with E-state index in [-0.39, 0.29) is 25.6 Å². The van der Waals surface area contributed by atoms with Gasteiger partial charge in [-0.05, 0) is 58.5 Å². The number of carbonyl (C=O) groups excluding carboxylic acids is 1. The first-order valence-corrected chi connectivity index (χ1v) is 12.2. The van der Waals surface area contributed by atoms with E-state index in [2.05, 4.69) is 24.0 Å². The van der Waals surface area contributed by atoms with E-state index in [0.29, 0.717) is 5.75 Å². The average molecular weight is 500 g/mol. The molecular formula is C30H33N3O4. The molecule has 0 aliphatic heterocycles. The number of allylic oxidation sites excluding steroid dienone is 1. The van der Waals surface area contributed by atoms with Crippen LogP contribution in [0.3, 0.4) is 0 Å². The number of benzene rings is 2. The van der Waals surface area contributed by atoms with Crippen molar-refractivity contribution in [2.24, 2.45) is 0 Å².